The summed E-state index contributed by atoms with van der Waals surface area (Å²) in [6.45, 7) is 0. The van der Waals surface area contributed by atoms with Crippen LogP contribution in [0.2, 0.25) is 0 Å². The number of amides is 1. The third-order valence-electron chi connectivity index (χ3n) is 3.96. The van der Waals surface area contributed by atoms with Gasteiger partial charge in [-0.25, -0.2) is 0 Å². The fourth-order valence-electron chi connectivity index (χ4n) is 3.12. The Morgan fingerprint density at radius 1 is 1.25 bits per heavy atom. The van der Waals surface area contributed by atoms with Crippen LogP contribution in [0.15, 0.2) is 24.3 Å². The minimum atomic E-state index is -1.24. The Morgan fingerprint density at radius 3 is 2.60 bits per heavy atom. The first-order valence-corrected chi connectivity index (χ1v) is 6.52. The van der Waals surface area contributed by atoms with Crippen molar-refractivity contribution in [3.63, 3.8) is 0 Å². The standard InChI is InChI=1S/C14H15NO5/c16-8-3-1-2-7(6-8)15-13(17)11-9-4-5-10(20-9)12(11)14(18)19/h1-3,6,9-12,16H,4-5H2,(H,15,17)(H,18,19)/p-1/t9-,10+,11-,12+/m1/s1. The molecule has 6 heteroatoms. The molecular formula is C14H14NO5-. The van der Waals surface area contributed by atoms with Gasteiger partial charge < -0.3 is 25.1 Å². The number of ether oxygens (including phenoxy) is 1. The smallest absolute Gasteiger partial charge is 0.230 e. The zero-order chi connectivity index (χ0) is 14.3. The molecule has 2 aliphatic heterocycles. The van der Waals surface area contributed by atoms with Crippen LogP contribution < -0.4 is 10.4 Å². The zero-order valence-corrected chi connectivity index (χ0v) is 10.6. The molecule has 106 valence electrons. The van der Waals surface area contributed by atoms with Gasteiger partial charge in [0.15, 0.2) is 0 Å². The fourth-order valence-corrected chi connectivity index (χ4v) is 3.12. The lowest BCUT2D eigenvalue weighted by Crippen LogP contribution is -2.46. The van der Waals surface area contributed by atoms with Crippen molar-refractivity contribution >= 4 is 17.6 Å². The van der Waals surface area contributed by atoms with Gasteiger partial charge in [-0.3, -0.25) is 4.79 Å². The van der Waals surface area contributed by atoms with Gasteiger partial charge in [-0.2, -0.15) is 0 Å². The number of nitrogens with one attached hydrogen (secondary N) is 1. The molecule has 2 saturated heterocycles. The fraction of sp³-hybridized carbons (Fsp3) is 0.429. The highest BCUT2D eigenvalue weighted by Gasteiger charge is 2.52. The molecular weight excluding hydrogens is 262 g/mol. The van der Waals surface area contributed by atoms with Crippen molar-refractivity contribution in [2.24, 2.45) is 11.8 Å². The van der Waals surface area contributed by atoms with Crippen molar-refractivity contribution in [2.45, 2.75) is 25.0 Å². The number of hydrogen-bond donors (Lipinski definition) is 2. The number of phenols is 1. The Balaban J connectivity index is 1.78. The van der Waals surface area contributed by atoms with Gasteiger partial charge in [-0.15, -0.1) is 0 Å². The largest absolute Gasteiger partial charge is 0.550 e. The molecule has 2 heterocycles. The Bertz CT molecular complexity index is 558. The maximum Gasteiger partial charge on any atom is 0.230 e. The van der Waals surface area contributed by atoms with Crippen LogP contribution >= 0.6 is 0 Å². The second-order valence-electron chi connectivity index (χ2n) is 5.20. The zero-order valence-electron chi connectivity index (χ0n) is 10.6. The molecule has 1 aromatic carbocycles. The Kier molecular flexibility index (Phi) is 3.10. The third-order valence-corrected chi connectivity index (χ3v) is 3.96. The van der Waals surface area contributed by atoms with E-state index >= 15 is 0 Å². The molecule has 0 unspecified atom stereocenters. The van der Waals surface area contributed by atoms with E-state index < -0.39 is 29.8 Å². The molecule has 2 aliphatic rings. The van der Waals surface area contributed by atoms with Crippen LogP contribution in [0.1, 0.15) is 12.8 Å². The number of phenolic OH excluding ortho intramolecular Hbond substituents is 1. The molecule has 3 rings (SSSR count). The van der Waals surface area contributed by atoms with Gasteiger partial charge in [0.25, 0.3) is 0 Å². The molecule has 0 aliphatic carbocycles. The lowest BCUT2D eigenvalue weighted by atomic mass is 9.78. The SMILES string of the molecule is O=C([O-])[C@@H]1[C@H](C(=O)Nc2cccc(O)c2)[C@H]2CC[C@@H]1O2. The predicted molar refractivity (Wildman–Crippen MR) is 66.6 cm³/mol. The number of carbonyl (C=O) groups is 2. The number of hydrogen-bond acceptors (Lipinski definition) is 5. The van der Waals surface area contributed by atoms with Gasteiger partial charge in [0.1, 0.15) is 5.75 Å². The lowest BCUT2D eigenvalue weighted by Gasteiger charge is -2.27. The number of fused-ring (bicyclic) bond motifs is 2. The summed E-state index contributed by atoms with van der Waals surface area (Å²) >= 11 is 0. The first-order valence-electron chi connectivity index (χ1n) is 6.52. The van der Waals surface area contributed by atoms with Crippen LogP contribution in [0, 0.1) is 11.8 Å². The minimum absolute atomic E-state index is 0.0310. The first kappa shape index (κ1) is 12.9. The quantitative estimate of drug-likeness (QED) is 0.801. The molecule has 0 saturated carbocycles. The molecule has 2 fully saturated rings. The molecule has 1 amide bonds. The van der Waals surface area contributed by atoms with Gasteiger partial charge in [0, 0.05) is 23.6 Å². The van der Waals surface area contributed by atoms with E-state index in [1.54, 1.807) is 12.1 Å². The maximum absolute atomic E-state index is 12.3. The summed E-state index contributed by atoms with van der Waals surface area (Å²) in [5.41, 5.74) is 0.426. The van der Waals surface area contributed by atoms with Gasteiger partial charge in [-0.1, -0.05) is 6.07 Å². The van der Waals surface area contributed by atoms with Crippen molar-refractivity contribution in [1.29, 1.82) is 0 Å². The number of rotatable bonds is 3. The van der Waals surface area contributed by atoms with Crippen LogP contribution in [-0.4, -0.2) is 29.2 Å². The molecule has 0 aromatic heterocycles. The summed E-state index contributed by atoms with van der Waals surface area (Å²) in [4.78, 5) is 23.5. The van der Waals surface area contributed by atoms with Crippen molar-refractivity contribution in [3.8, 4) is 5.75 Å². The highest BCUT2D eigenvalue weighted by Crippen LogP contribution is 2.43. The van der Waals surface area contributed by atoms with E-state index in [0.29, 0.717) is 18.5 Å². The summed E-state index contributed by atoms with van der Waals surface area (Å²) in [7, 11) is 0. The topological polar surface area (TPSA) is 98.7 Å². The van der Waals surface area contributed by atoms with Gasteiger partial charge in [-0.05, 0) is 25.0 Å². The molecule has 4 atom stereocenters. The molecule has 0 spiro atoms. The molecule has 2 N–H and O–H groups in total. The van der Waals surface area contributed by atoms with Crippen LogP contribution in [0.3, 0.4) is 0 Å². The van der Waals surface area contributed by atoms with Crippen molar-refractivity contribution < 1.29 is 24.5 Å². The van der Waals surface area contributed by atoms with Crippen LogP contribution in [0.4, 0.5) is 5.69 Å². The highest BCUT2D eigenvalue weighted by atomic mass is 16.5. The number of carbonyl (C=O) groups excluding carboxylic acids is 2. The van der Waals surface area contributed by atoms with E-state index in [-0.39, 0.29) is 11.9 Å². The first-order chi connectivity index (χ1) is 9.56. The van der Waals surface area contributed by atoms with Gasteiger partial charge in [0.05, 0.1) is 18.1 Å². The van der Waals surface area contributed by atoms with Crippen LogP contribution in [-0.2, 0) is 14.3 Å². The monoisotopic (exact) mass is 276 g/mol. The predicted octanol–water partition coefficient (Wildman–Crippen LogP) is -0.126. The van der Waals surface area contributed by atoms with E-state index in [1.165, 1.54) is 12.1 Å². The van der Waals surface area contributed by atoms with Gasteiger partial charge in [0.2, 0.25) is 5.91 Å². The number of anilines is 1. The Labute approximate surface area is 115 Å². The average Bonchev–Trinajstić information content (AvgIpc) is 2.98. The summed E-state index contributed by atoms with van der Waals surface area (Å²) in [6.07, 6.45) is 0.552. The molecule has 20 heavy (non-hydrogen) atoms. The molecule has 2 bridgehead atoms. The average molecular weight is 276 g/mol. The molecule has 1 aromatic rings. The second kappa shape index (κ2) is 4.79. The van der Waals surface area contributed by atoms with Crippen molar-refractivity contribution in [3.05, 3.63) is 24.3 Å². The number of carboxylic acids is 1. The van der Waals surface area contributed by atoms with Crippen molar-refractivity contribution in [2.75, 3.05) is 5.32 Å². The summed E-state index contributed by atoms with van der Waals surface area (Å²) < 4.78 is 5.51. The van der Waals surface area contributed by atoms with Crippen molar-refractivity contribution in [1.82, 2.24) is 0 Å². The lowest BCUT2D eigenvalue weighted by molar-refractivity contribution is -0.313. The number of carboxylic acid groups (broad SMARTS) is 1. The van der Waals surface area contributed by atoms with Crippen LogP contribution in [0.5, 0.6) is 5.75 Å². The summed E-state index contributed by atoms with van der Waals surface area (Å²) in [6, 6.07) is 6.11. The normalized spacial score (nSPS) is 31.2. The van der Waals surface area contributed by atoms with E-state index in [2.05, 4.69) is 5.32 Å². The van der Waals surface area contributed by atoms with Gasteiger partial charge >= 0.3 is 0 Å². The second-order valence-corrected chi connectivity index (χ2v) is 5.20. The highest BCUT2D eigenvalue weighted by molar-refractivity contribution is 5.96. The Morgan fingerprint density at radius 2 is 1.95 bits per heavy atom. The third kappa shape index (κ3) is 2.12. The summed E-state index contributed by atoms with van der Waals surface area (Å²) in [5, 5.41) is 23.2. The van der Waals surface area contributed by atoms with E-state index in [9.17, 15) is 19.8 Å². The number of benzene rings is 1. The molecule has 6 nitrogen and oxygen atoms in total. The van der Waals surface area contributed by atoms with E-state index in [1.807, 2.05) is 0 Å². The maximum atomic E-state index is 12.3. The summed E-state index contributed by atoms with van der Waals surface area (Å²) in [5.74, 6) is -3.25. The molecule has 0 radical (unpaired) electrons. The van der Waals surface area contributed by atoms with Crippen LogP contribution in [0.25, 0.3) is 0 Å². The van der Waals surface area contributed by atoms with E-state index in [4.69, 9.17) is 4.74 Å². The minimum Gasteiger partial charge on any atom is -0.550 e. The number of aromatic hydroxyl groups is 1. The number of aliphatic carboxylic acids is 1. The Hall–Kier alpha value is -2.08. The van der Waals surface area contributed by atoms with E-state index in [0.717, 1.165) is 0 Å².